The maximum absolute atomic E-state index is 5.83. The molecule has 31 heavy (non-hydrogen) atoms. The number of anilines is 1. The maximum atomic E-state index is 5.83. The lowest BCUT2D eigenvalue weighted by Gasteiger charge is -2.34. The van der Waals surface area contributed by atoms with E-state index in [1.54, 1.807) is 0 Å². The number of likely N-dealkylation sites (N-methyl/N-ethyl adjacent to an activating group) is 1. The summed E-state index contributed by atoms with van der Waals surface area (Å²) in [6.07, 6.45) is 3.21. The van der Waals surface area contributed by atoms with Crippen molar-refractivity contribution in [2.75, 3.05) is 57.3 Å². The van der Waals surface area contributed by atoms with E-state index in [1.165, 1.54) is 0 Å². The Hall–Kier alpha value is -1.13. The highest BCUT2D eigenvalue weighted by Gasteiger charge is 2.16. The normalized spacial score (nSPS) is 16.2. The molecule has 1 saturated heterocycles. The third-order valence-electron chi connectivity index (χ3n) is 5.56. The topological polar surface area (TPSA) is 65.0 Å². The van der Waals surface area contributed by atoms with Crippen molar-refractivity contribution < 1.29 is 4.74 Å². The van der Waals surface area contributed by atoms with Gasteiger partial charge in [0.15, 0.2) is 5.96 Å². The van der Waals surface area contributed by atoms with Crippen molar-refractivity contribution in [1.82, 2.24) is 20.5 Å². The van der Waals surface area contributed by atoms with Crippen LogP contribution >= 0.6 is 24.0 Å². The number of piperazine rings is 1. The molecule has 0 aliphatic carbocycles. The molecule has 1 aliphatic heterocycles. The van der Waals surface area contributed by atoms with Crippen LogP contribution in [-0.4, -0.2) is 74.4 Å². The molecule has 1 aromatic rings. The van der Waals surface area contributed by atoms with Gasteiger partial charge in [0, 0.05) is 52.1 Å². The van der Waals surface area contributed by atoms with Crippen molar-refractivity contribution in [3.05, 3.63) is 23.9 Å². The summed E-state index contributed by atoms with van der Waals surface area (Å²) in [5.41, 5.74) is 1.12. The van der Waals surface area contributed by atoms with Crippen LogP contribution < -0.4 is 15.5 Å². The highest BCUT2D eigenvalue weighted by molar-refractivity contribution is 14.0. The van der Waals surface area contributed by atoms with E-state index >= 15 is 0 Å². The molecule has 0 aromatic carbocycles. The van der Waals surface area contributed by atoms with Crippen molar-refractivity contribution >= 4 is 35.8 Å². The first-order valence-electron chi connectivity index (χ1n) is 11.6. The van der Waals surface area contributed by atoms with Crippen LogP contribution in [0.1, 0.15) is 46.6 Å². The Kier molecular flexibility index (Phi) is 14.1. The molecule has 0 saturated carbocycles. The van der Waals surface area contributed by atoms with E-state index in [2.05, 4.69) is 72.2 Å². The number of pyridine rings is 1. The Bertz CT molecular complexity index is 617. The summed E-state index contributed by atoms with van der Waals surface area (Å²) in [5.74, 6) is 2.43. The molecule has 1 atom stereocenters. The summed E-state index contributed by atoms with van der Waals surface area (Å²) in [7, 11) is 0. The zero-order valence-corrected chi connectivity index (χ0v) is 22.4. The first kappa shape index (κ1) is 27.9. The second-order valence-corrected chi connectivity index (χ2v) is 8.09. The standard InChI is InChI=1S/C23H42N6O.HI/c1-6-24-23(25-12-11-21(19(4)5)30-8-3)27-18-20-9-10-22(26-17-20)29-15-13-28(7-2)14-16-29;/h9-10,17,19,21H,6-8,11-16,18H2,1-5H3,(H2,24,25,27);1H. The molecule has 0 radical (unpaired) electrons. The van der Waals surface area contributed by atoms with Gasteiger partial charge in [-0.15, -0.1) is 24.0 Å². The summed E-state index contributed by atoms with van der Waals surface area (Å²) >= 11 is 0. The summed E-state index contributed by atoms with van der Waals surface area (Å²) in [5, 5.41) is 6.76. The molecule has 2 N–H and O–H groups in total. The summed E-state index contributed by atoms with van der Waals surface area (Å²) < 4.78 is 5.83. The third-order valence-corrected chi connectivity index (χ3v) is 5.56. The van der Waals surface area contributed by atoms with Gasteiger partial charge in [0.25, 0.3) is 0 Å². The summed E-state index contributed by atoms with van der Waals surface area (Å²) in [4.78, 5) is 14.3. The van der Waals surface area contributed by atoms with Crippen molar-refractivity contribution in [3.63, 3.8) is 0 Å². The number of ether oxygens (including phenoxy) is 1. The number of aliphatic imine (C=N–C) groups is 1. The Morgan fingerprint density at radius 3 is 2.42 bits per heavy atom. The molecular weight excluding hydrogens is 503 g/mol. The molecule has 1 aliphatic rings. The third kappa shape index (κ3) is 9.91. The predicted octanol–water partition coefficient (Wildman–Crippen LogP) is 3.35. The highest BCUT2D eigenvalue weighted by atomic mass is 127. The van der Waals surface area contributed by atoms with Crippen LogP contribution in [0.3, 0.4) is 0 Å². The van der Waals surface area contributed by atoms with E-state index < -0.39 is 0 Å². The molecule has 1 aromatic heterocycles. The molecule has 7 nitrogen and oxygen atoms in total. The fourth-order valence-corrected chi connectivity index (χ4v) is 3.66. The van der Waals surface area contributed by atoms with E-state index in [0.29, 0.717) is 12.5 Å². The molecular formula is C23H43IN6O. The molecule has 1 unspecified atom stereocenters. The SMILES string of the molecule is CCNC(=NCc1ccc(N2CCN(CC)CC2)nc1)NCCC(OCC)C(C)C.I. The van der Waals surface area contributed by atoms with Gasteiger partial charge in [0.05, 0.1) is 12.6 Å². The molecule has 2 heterocycles. The number of nitrogens with one attached hydrogen (secondary N) is 2. The lowest BCUT2D eigenvalue weighted by Crippen LogP contribution is -2.46. The number of guanidine groups is 1. The number of nitrogens with zero attached hydrogens (tertiary/aromatic N) is 4. The van der Waals surface area contributed by atoms with Crippen LogP contribution in [0.15, 0.2) is 23.3 Å². The van der Waals surface area contributed by atoms with Gasteiger partial charge in [-0.05, 0) is 44.4 Å². The predicted molar refractivity (Wildman–Crippen MR) is 142 cm³/mol. The molecule has 0 spiro atoms. The van der Waals surface area contributed by atoms with Gasteiger partial charge in [0.1, 0.15) is 5.82 Å². The minimum absolute atomic E-state index is 0. The molecule has 0 bridgehead atoms. The largest absolute Gasteiger partial charge is 0.378 e. The number of aromatic nitrogens is 1. The average molecular weight is 547 g/mol. The van der Waals surface area contributed by atoms with Crippen molar-refractivity contribution in [2.24, 2.45) is 10.9 Å². The van der Waals surface area contributed by atoms with Gasteiger partial charge in [0.2, 0.25) is 0 Å². The molecule has 8 heteroatoms. The van der Waals surface area contributed by atoms with Crippen LogP contribution in [0.4, 0.5) is 5.82 Å². The van der Waals surface area contributed by atoms with Crippen LogP contribution in [0.25, 0.3) is 0 Å². The monoisotopic (exact) mass is 546 g/mol. The molecule has 0 amide bonds. The van der Waals surface area contributed by atoms with E-state index in [-0.39, 0.29) is 30.1 Å². The van der Waals surface area contributed by atoms with E-state index in [9.17, 15) is 0 Å². The Morgan fingerprint density at radius 2 is 1.87 bits per heavy atom. The second kappa shape index (κ2) is 15.6. The summed E-state index contributed by atoms with van der Waals surface area (Å²) in [6.45, 7) is 19.3. The molecule has 1 fully saturated rings. The number of rotatable bonds is 11. The van der Waals surface area contributed by atoms with Gasteiger partial charge in [-0.2, -0.15) is 0 Å². The van der Waals surface area contributed by atoms with Crippen molar-refractivity contribution in [1.29, 1.82) is 0 Å². The summed E-state index contributed by atoms with van der Waals surface area (Å²) in [6, 6.07) is 4.27. The van der Waals surface area contributed by atoms with Crippen molar-refractivity contribution in [2.45, 2.75) is 53.7 Å². The lowest BCUT2D eigenvalue weighted by molar-refractivity contribution is 0.0258. The number of hydrogen-bond acceptors (Lipinski definition) is 5. The van der Waals surface area contributed by atoms with Crippen LogP contribution in [0.2, 0.25) is 0 Å². The zero-order chi connectivity index (χ0) is 21.8. The highest BCUT2D eigenvalue weighted by Crippen LogP contribution is 2.14. The minimum Gasteiger partial charge on any atom is -0.378 e. The van der Waals surface area contributed by atoms with E-state index in [4.69, 9.17) is 9.73 Å². The quantitative estimate of drug-likeness (QED) is 0.252. The number of hydrogen-bond donors (Lipinski definition) is 2. The van der Waals surface area contributed by atoms with Gasteiger partial charge >= 0.3 is 0 Å². The Labute approximate surface area is 206 Å². The van der Waals surface area contributed by atoms with Gasteiger partial charge < -0.3 is 25.2 Å². The first-order chi connectivity index (χ1) is 14.6. The second-order valence-electron chi connectivity index (χ2n) is 8.09. The molecule has 178 valence electrons. The van der Waals surface area contributed by atoms with E-state index in [1.807, 2.05) is 6.20 Å². The van der Waals surface area contributed by atoms with Crippen LogP contribution in [0, 0.1) is 5.92 Å². The van der Waals surface area contributed by atoms with E-state index in [0.717, 1.165) is 76.2 Å². The van der Waals surface area contributed by atoms with Gasteiger partial charge in [-0.1, -0.05) is 26.8 Å². The fraction of sp³-hybridized carbons (Fsp3) is 0.739. The van der Waals surface area contributed by atoms with Crippen LogP contribution in [-0.2, 0) is 11.3 Å². The maximum Gasteiger partial charge on any atom is 0.191 e. The first-order valence-corrected chi connectivity index (χ1v) is 11.6. The smallest absolute Gasteiger partial charge is 0.191 e. The lowest BCUT2D eigenvalue weighted by atomic mass is 10.0. The van der Waals surface area contributed by atoms with Crippen molar-refractivity contribution in [3.8, 4) is 0 Å². The van der Waals surface area contributed by atoms with Gasteiger partial charge in [-0.3, -0.25) is 0 Å². The Morgan fingerprint density at radius 1 is 1.13 bits per heavy atom. The Balaban J connectivity index is 0.00000480. The molecule has 2 rings (SSSR count). The minimum atomic E-state index is 0. The number of halogens is 1. The van der Waals surface area contributed by atoms with Gasteiger partial charge in [-0.25, -0.2) is 9.98 Å². The van der Waals surface area contributed by atoms with Crippen LogP contribution in [0.5, 0.6) is 0 Å². The fourth-order valence-electron chi connectivity index (χ4n) is 3.66. The zero-order valence-electron chi connectivity index (χ0n) is 20.1. The average Bonchev–Trinajstić information content (AvgIpc) is 2.77.